The van der Waals surface area contributed by atoms with Crippen molar-refractivity contribution in [3.05, 3.63) is 83.9 Å². The molecule has 43 heavy (non-hydrogen) atoms. The lowest BCUT2D eigenvalue weighted by Gasteiger charge is -2.27. The summed E-state index contributed by atoms with van der Waals surface area (Å²) in [6, 6.07) is 23.1. The van der Waals surface area contributed by atoms with Gasteiger partial charge in [-0.3, -0.25) is 9.59 Å². The predicted molar refractivity (Wildman–Crippen MR) is 170 cm³/mol. The second-order valence-electron chi connectivity index (χ2n) is 9.61. The van der Waals surface area contributed by atoms with Gasteiger partial charge in [0.05, 0.1) is 14.2 Å². The van der Waals surface area contributed by atoms with Crippen molar-refractivity contribution in [1.29, 1.82) is 0 Å². The summed E-state index contributed by atoms with van der Waals surface area (Å²) in [4.78, 5) is 25.0. The molecule has 4 aromatic rings. The Morgan fingerprint density at radius 3 is 1.19 bits per heavy atom. The van der Waals surface area contributed by atoms with Gasteiger partial charge in [0.1, 0.15) is 11.5 Å². The summed E-state index contributed by atoms with van der Waals surface area (Å²) >= 11 is 0. The number of Topliss-reactive ketones (excluding diaryl/α,β-unsaturated/α-hetero) is 2. The van der Waals surface area contributed by atoms with Gasteiger partial charge in [0, 0.05) is 50.7 Å². The van der Waals surface area contributed by atoms with Crippen LogP contribution in [-0.2, 0) is 18.9 Å². The molecule has 0 bridgehead atoms. The standard InChI is InChI=1S/2C17H16O4.H2S/c2*1-19-10-7-8-11-12-5-4-6-13(15(12)14(11)9-10)16(18)17(20-2)21-3;/h2*4-9,17H,1-3H3;1H2. The molecule has 0 N–H and O–H groups in total. The average molecular weight is 603 g/mol. The molecule has 8 nitrogen and oxygen atoms in total. The van der Waals surface area contributed by atoms with Crippen LogP contribution in [0.1, 0.15) is 20.7 Å². The van der Waals surface area contributed by atoms with Crippen molar-refractivity contribution in [2.45, 2.75) is 12.6 Å². The lowest BCUT2D eigenvalue weighted by atomic mass is 9.77. The van der Waals surface area contributed by atoms with Crippen LogP contribution < -0.4 is 9.47 Å². The average Bonchev–Trinajstić information content (AvgIpc) is 3.02. The Labute approximate surface area is 257 Å². The van der Waals surface area contributed by atoms with Crippen molar-refractivity contribution >= 4 is 25.1 Å². The summed E-state index contributed by atoms with van der Waals surface area (Å²) in [5.41, 5.74) is 9.57. The van der Waals surface area contributed by atoms with Crippen molar-refractivity contribution in [2.75, 3.05) is 42.7 Å². The van der Waals surface area contributed by atoms with Crippen molar-refractivity contribution < 1.29 is 38.0 Å². The first-order valence-corrected chi connectivity index (χ1v) is 13.3. The van der Waals surface area contributed by atoms with Gasteiger partial charge in [-0.2, -0.15) is 13.5 Å². The molecule has 2 aliphatic rings. The van der Waals surface area contributed by atoms with E-state index >= 15 is 0 Å². The zero-order valence-corrected chi connectivity index (χ0v) is 25.8. The number of carbonyl (C=O) groups excluding carboxylic acids is 2. The summed E-state index contributed by atoms with van der Waals surface area (Å²) in [7, 11) is 9.09. The largest absolute Gasteiger partial charge is 0.497 e. The number of hydrogen-bond donors (Lipinski definition) is 0. The van der Waals surface area contributed by atoms with Crippen molar-refractivity contribution in [3.63, 3.8) is 0 Å². The van der Waals surface area contributed by atoms with Gasteiger partial charge in [-0.1, -0.05) is 48.5 Å². The highest BCUT2D eigenvalue weighted by Crippen LogP contribution is 2.51. The maximum absolute atomic E-state index is 12.5. The van der Waals surface area contributed by atoms with Gasteiger partial charge in [-0.05, 0) is 57.6 Å². The number of ketones is 2. The van der Waals surface area contributed by atoms with Gasteiger partial charge in [-0.25, -0.2) is 0 Å². The number of fused-ring (bicyclic) bond motifs is 8. The van der Waals surface area contributed by atoms with E-state index in [0.29, 0.717) is 11.1 Å². The van der Waals surface area contributed by atoms with E-state index in [1.54, 1.807) is 26.4 Å². The number of ether oxygens (including phenoxy) is 6. The SMILES string of the molecule is COc1ccc2c(c1)-c1c(C(=O)C(OC)OC)cccc1-2.COc1ccc2c(c1)-c1c(C(=O)C(OC)OC)cccc1-2.S. The molecular formula is C34H34O8S. The molecule has 9 heteroatoms. The van der Waals surface area contributed by atoms with E-state index in [9.17, 15) is 9.59 Å². The molecular weight excluding hydrogens is 568 g/mol. The number of rotatable bonds is 10. The maximum Gasteiger partial charge on any atom is 0.222 e. The summed E-state index contributed by atoms with van der Waals surface area (Å²) < 4.78 is 30.8. The van der Waals surface area contributed by atoms with E-state index in [0.717, 1.165) is 56.0 Å². The van der Waals surface area contributed by atoms with Gasteiger partial charge in [0.2, 0.25) is 24.1 Å². The third kappa shape index (κ3) is 5.58. The number of methoxy groups -OCH3 is 6. The first-order chi connectivity index (χ1) is 20.4. The summed E-state index contributed by atoms with van der Waals surface area (Å²) in [6.45, 7) is 0. The molecule has 0 saturated heterocycles. The molecule has 0 radical (unpaired) electrons. The normalized spacial score (nSPS) is 11.3. The first-order valence-electron chi connectivity index (χ1n) is 13.3. The molecule has 0 unspecified atom stereocenters. The minimum absolute atomic E-state index is 0. The third-order valence-corrected chi connectivity index (χ3v) is 7.52. The molecule has 0 aliphatic heterocycles. The summed E-state index contributed by atoms with van der Waals surface area (Å²) in [6.07, 6.45) is -1.77. The molecule has 4 aromatic carbocycles. The van der Waals surface area contributed by atoms with Crippen LogP contribution in [0.15, 0.2) is 72.8 Å². The van der Waals surface area contributed by atoms with Crippen molar-refractivity contribution in [2.24, 2.45) is 0 Å². The molecule has 0 atom stereocenters. The second-order valence-corrected chi connectivity index (χ2v) is 9.61. The molecule has 0 saturated carbocycles. The van der Waals surface area contributed by atoms with Gasteiger partial charge < -0.3 is 28.4 Å². The highest BCUT2D eigenvalue weighted by Gasteiger charge is 2.32. The zero-order chi connectivity index (χ0) is 30.0. The van der Waals surface area contributed by atoms with Gasteiger partial charge in [0.25, 0.3) is 0 Å². The Bertz CT molecular complexity index is 1530. The van der Waals surface area contributed by atoms with E-state index < -0.39 is 12.6 Å². The Hall–Kier alpha value is -3.99. The van der Waals surface area contributed by atoms with Gasteiger partial charge in [-0.15, -0.1) is 0 Å². The van der Waals surface area contributed by atoms with E-state index in [1.807, 2.05) is 60.7 Å². The zero-order valence-electron chi connectivity index (χ0n) is 24.8. The molecule has 0 spiro atoms. The Morgan fingerprint density at radius 1 is 0.488 bits per heavy atom. The topological polar surface area (TPSA) is 89.5 Å². The third-order valence-electron chi connectivity index (χ3n) is 7.52. The van der Waals surface area contributed by atoms with E-state index in [2.05, 4.69) is 0 Å². The van der Waals surface area contributed by atoms with Crippen LogP contribution in [0.2, 0.25) is 0 Å². The summed E-state index contributed by atoms with van der Waals surface area (Å²) in [5, 5.41) is 0. The Balaban J connectivity index is 0.000000192. The molecule has 2 aliphatic carbocycles. The van der Waals surface area contributed by atoms with E-state index in [1.165, 1.54) is 28.4 Å². The highest BCUT2D eigenvalue weighted by molar-refractivity contribution is 7.59. The lowest BCUT2D eigenvalue weighted by molar-refractivity contribution is -0.0741. The fourth-order valence-corrected chi connectivity index (χ4v) is 5.48. The van der Waals surface area contributed by atoms with Gasteiger partial charge >= 0.3 is 0 Å². The molecule has 224 valence electrons. The number of benzene rings is 4. The minimum atomic E-state index is -0.883. The highest BCUT2D eigenvalue weighted by atomic mass is 32.1. The quantitative estimate of drug-likeness (QED) is 0.131. The van der Waals surface area contributed by atoms with E-state index in [-0.39, 0.29) is 25.1 Å². The molecule has 6 rings (SSSR count). The number of carbonyl (C=O) groups is 2. The molecule has 0 amide bonds. The smallest absolute Gasteiger partial charge is 0.222 e. The van der Waals surface area contributed by atoms with Crippen LogP contribution >= 0.6 is 13.5 Å². The first kappa shape index (κ1) is 31.9. The Morgan fingerprint density at radius 2 is 0.860 bits per heavy atom. The predicted octanol–water partition coefficient (Wildman–Crippen LogP) is 6.40. The molecule has 0 aromatic heterocycles. The van der Waals surface area contributed by atoms with Crippen LogP contribution in [0.3, 0.4) is 0 Å². The van der Waals surface area contributed by atoms with Gasteiger partial charge in [0.15, 0.2) is 0 Å². The monoisotopic (exact) mass is 602 g/mol. The van der Waals surface area contributed by atoms with Crippen LogP contribution in [0, 0.1) is 0 Å². The lowest BCUT2D eigenvalue weighted by Crippen LogP contribution is -2.26. The fourth-order valence-electron chi connectivity index (χ4n) is 5.48. The van der Waals surface area contributed by atoms with E-state index in [4.69, 9.17) is 28.4 Å². The van der Waals surface area contributed by atoms with Crippen LogP contribution in [0.4, 0.5) is 0 Å². The van der Waals surface area contributed by atoms with Crippen LogP contribution in [0.5, 0.6) is 11.5 Å². The van der Waals surface area contributed by atoms with Crippen LogP contribution in [-0.4, -0.2) is 66.8 Å². The number of hydrogen-bond acceptors (Lipinski definition) is 8. The molecule has 0 fully saturated rings. The van der Waals surface area contributed by atoms with Crippen molar-refractivity contribution in [1.82, 2.24) is 0 Å². The Kier molecular flexibility index (Phi) is 10.1. The van der Waals surface area contributed by atoms with Crippen molar-refractivity contribution in [3.8, 4) is 56.0 Å². The fraction of sp³-hybridized carbons (Fsp3) is 0.235. The summed E-state index contributed by atoms with van der Waals surface area (Å²) in [5.74, 6) is 1.20. The molecule has 0 heterocycles. The second kappa shape index (κ2) is 13.5. The van der Waals surface area contributed by atoms with Crippen LogP contribution in [0.25, 0.3) is 44.5 Å². The maximum atomic E-state index is 12.5. The minimum Gasteiger partial charge on any atom is -0.497 e.